The number of hydrogen-bond acceptors (Lipinski definition) is 6. The van der Waals surface area contributed by atoms with Gasteiger partial charge in [0.05, 0.1) is 24.3 Å². The van der Waals surface area contributed by atoms with Crippen LogP contribution in [0.25, 0.3) is 10.9 Å². The molecule has 0 fully saturated rings. The third kappa shape index (κ3) is 3.99. The van der Waals surface area contributed by atoms with Crippen molar-refractivity contribution in [1.82, 2.24) is 10.3 Å². The lowest BCUT2D eigenvalue weighted by Crippen LogP contribution is -2.21. The zero-order valence-electron chi connectivity index (χ0n) is 14.7. The van der Waals surface area contributed by atoms with Crippen molar-refractivity contribution in [2.45, 2.75) is 12.6 Å². The molecule has 140 valence electrons. The summed E-state index contributed by atoms with van der Waals surface area (Å²) in [5, 5.41) is 24.2. The number of H-pyrrole nitrogens is 1. The second kappa shape index (κ2) is 8.03. The van der Waals surface area contributed by atoms with E-state index in [1.807, 2.05) is 6.07 Å². The summed E-state index contributed by atoms with van der Waals surface area (Å²) in [6, 6.07) is 11.3. The van der Waals surface area contributed by atoms with Gasteiger partial charge in [0.1, 0.15) is 11.5 Å². The lowest BCUT2D eigenvalue weighted by Gasteiger charge is -2.15. The second-order valence-electron chi connectivity index (χ2n) is 6.13. The minimum absolute atomic E-state index is 0.0472. The summed E-state index contributed by atoms with van der Waals surface area (Å²) in [6.07, 6.45) is -0.102. The van der Waals surface area contributed by atoms with E-state index in [4.69, 9.17) is 4.74 Å². The number of nitrogens with one attached hydrogen (secondary N) is 2. The van der Waals surface area contributed by atoms with Gasteiger partial charge >= 0.3 is 0 Å². The zero-order valence-corrected chi connectivity index (χ0v) is 14.7. The molecule has 0 spiro atoms. The van der Waals surface area contributed by atoms with Gasteiger partial charge in [0, 0.05) is 24.5 Å². The van der Waals surface area contributed by atoms with Crippen molar-refractivity contribution in [1.29, 1.82) is 0 Å². The van der Waals surface area contributed by atoms with E-state index in [-0.39, 0.29) is 17.9 Å². The van der Waals surface area contributed by atoms with Crippen LogP contribution < -0.4 is 15.6 Å². The Morgan fingerprint density at radius 3 is 2.78 bits per heavy atom. The molecule has 27 heavy (non-hydrogen) atoms. The molecule has 1 atom stereocenters. The van der Waals surface area contributed by atoms with Gasteiger partial charge < -0.3 is 25.3 Å². The molecule has 0 saturated heterocycles. The van der Waals surface area contributed by atoms with Crippen LogP contribution in [0.15, 0.2) is 47.3 Å². The maximum atomic E-state index is 11.5. The fraction of sp³-hybridized carbons (Fsp3) is 0.200. The molecule has 0 unspecified atom stereocenters. The molecular formula is C20H20N2O5. The predicted octanol–water partition coefficient (Wildman–Crippen LogP) is 1.88. The number of phenolic OH excluding ortho intramolecular Hbond substituents is 1. The average Bonchev–Trinajstić information content (AvgIpc) is 2.68. The smallest absolute Gasteiger partial charge is 0.248 e. The van der Waals surface area contributed by atoms with Gasteiger partial charge in [0.2, 0.25) is 5.56 Å². The molecule has 0 bridgehead atoms. The Labute approximate surface area is 155 Å². The summed E-state index contributed by atoms with van der Waals surface area (Å²) in [5.74, 6) is 0.451. The number of aldehydes is 1. The van der Waals surface area contributed by atoms with Crippen molar-refractivity contribution < 1.29 is 19.7 Å². The molecule has 4 N–H and O–H groups in total. The molecule has 3 rings (SSSR count). The number of aromatic hydroxyl groups is 1. The molecule has 0 aliphatic carbocycles. The number of aromatic amines is 1. The maximum absolute atomic E-state index is 11.5. The van der Waals surface area contributed by atoms with Crippen LogP contribution in [0.1, 0.15) is 27.6 Å². The standard InChI is InChI=1S/C20H20N2O5/c1-27-18-8-12(2-3-13(18)11-23)9-21-10-17(25)14-4-6-16(24)20-15(14)5-7-19(26)22-20/h2-8,11,17,21,24-25H,9-10H2,1H3,(H,22,26)/t17-/m0/s1. The number of aliphatic hydroxyl groups excluding tert-OH is 1. The van der Waals surface area contributed by atoms with Gasteiger partial charge in [-0.1, -0.05) is 12.1 Å². The van der Waals surface area contributed by atoms with Crippen LogP contribution in [-0.2, 0) is 6.54 Å². The molecule has 7 nitrogen and oxygen atoms in total. The van der Waals surface area contributed by atoms with Gasteiger partial charge in [-0.05, 0) is 35.4 Å². The Morgan fingerprint density at radius 2 is 2.04 bits per heavy atom. The van der Waals surface area contributed by atoms with Crippen LogP contribution in [0.5, 0.6) is 11.5 Å². The number of rotatable bonds is 7. The van der Waals surface area contributed by atoms with E-state index in [2.05, 4.69) is 10.3 Å². The van der Waals surface area contributed by atoms with E-state index in [9.17, 15) is 19.8 Å². The highest BCUT2D eigenvalue weighted by atomic mass is 16.5. The van der Waals surface area contributed by atoms with Crippen molar-refractivity contribution in [2.24, 2.45) is 0 Å². The summed E-state index contributed by atoms with van der Waals surface area (Å²) in [5.41, 5.74) is 1.96. The monoisotopic (exact) mass is 368 g/mol. The molecule has 0 saturated carbocycles. The number of benzene rings is 2. The lowest BCUT2D eigenvalue weighted by atomic mass is 10.0. The number of fused-ring (bicyclic) bond motifs is 1. The largest absolute Gasteiger partial charge is 0.506 e. The highest BCUT2D eigenvalue weighted by Gasteiger charge is 2.14. The average molecular weight is 368 g/mol. The Bertz CT molecular complexity index is 1030. The minimum atomic E-state index is -0.838. The number of pyridine rings is 1. The topological polar surface area (TPSA) is 112 Å². The van der Waals surface area contributed by atoms with Crippen LogP contribution in [0.2, 0.25) is 0 Å². The fourth-order valence-corrected chi connectivity index (χ4v) is 2.98. The van der Waals surface area contributed by atoms with E-state index >= 15 is 0 Å². The fourth-order valence-electron chi connectivity index (χ4n) is 2.98. The Balaban J connectivity index is 1.72. The molecular weight excluding hydrogens is 348 g/mol. The van der Waals surface area contributed by atoms with Crippen LogP contribution in [0.3, 0.4) is 0 Å². The van der Waals surface area contributed by atoms with Gasteiger partial charge in [-0.15, -0.1) is 0 Å². The van der Waals surface area contributed by atoms with Gasteiger partial charge in [0.25, 0.3) is 0 Å². The van der Waals surface area contributed by atoms with E-state index in [0.29, 0.717) is 34.3 Å². The van der Waals surface area contributed by atoms with Gasteiger partial charge in [0.15, 0.2) is 6.29 Å². The molecule has 1 aromatic heterocycles. The predicted molar refractivity (Wildman–Crippen MR) is 101 cm³/mol. The van der Waals surface area contributed by atoms with Crippen molar-refractivity contribution in [3.63, 3.8) is 0 Å². The first-order chi connectivity index (χ1) is 13.0. The Kier molecular flexibility index (Phi) is 5.54. The molecule has 0 aliphatic rings. The van der Waals surface area contributed by atoms with Gasteiger partial charge in [-0.2, -0.15) is 0 Å². The molecule has 0 aliphatic heterocycles. The van der Waals surface area contributed by atoms with Crippen LogP contribution >= 0.6 is 0 Å². The highest BCUT2D eigenvalue weighted by Crippen LogP contribution is 2.28. The van der Waals surface area contributed by atoms with Crippen LogP contribution in [0.4, 0.5) is 0 Å². The first kappa shape index (κ1) is 18.6. The third-order valence-electron chi connectivity index (χ3n) is 4.36. The normalized spacial score (nSPS) is 12.1. The van der Waals surface area contributed by atoms with Crippen LogP contribution in [-0.4, -0.2) is 35.1 Å². The summed E-state index contributed by atoms with van der Waals surface area (Å²) < 4.78 is 5.18. The third-order valence-corrected chi connectivity index (χ3v) is 4.36. The van der Waals surface area contributed by atoms with Crippen molar-refractivity contribution in [3.8, 4) is 11.5 Å². The minimum Gasteiger partial charge on any atom is -0.506 e. The summed E-state index contributed by atoms with van der Waals surface area (Å²) in [7, 11) is 1.50. The number of aliphatic hydroxyl groups is 1. The Morgan fingerprint density at radius 1 is 1.22 bits per heavy atom. The van der Waals surface area contributed by atoms with E-state index in [1.54, 1.807) is 24.3 Å². The molecule has 1 heterocycles. The van der Waals surface area contributed by atoms with Crippen LogP contribution in [0, 0.1) is 0 Å². The summed E-state index contributed by atoms with van der Waals surface area (Å²) in [4.78, 5) is 25.0. The SMILES string of the molecule is COc1cc(CNC[C@H](O)c2ccc(O)c3[nH]c(=O)ccc23)ccc1C=O. The number of carbonyl (C=O) groups is 1. The highest BCUT2D eigenvalue weighted by molar-refractivity contribution is 5.87. The molecule has 0 amide bonds. The second-order valence-corrected chi connectivity index (χ2v) is 6.13. The van der Waals surface area contributed by atoms with E-state index in [0.717, 1.165) is 11.8 Å². The van der Waals surface area contributed by atoms with Crippen molar-refractivity contribution in [2.75, 3.05) is 13.7 Å². The molecule has 0 radical (unpaired) electrons. The number of aromatic nitrogens is 1. The first-order valence-corrected chi connectivity index (χ1v) is 8.39. The molecule has 3 aromatic rings. The Hall–Kier alpha value is -3.16. The maximum Gasteiger partial charge on any atom is 0.248 e. The van der Waals surface area contributed by atoms with E-state index < -0.39 is 6.10 Å². The number of methoxy groups -OCH3 is 1. The van der Waals surface area contributed by atoms with Crippen molar-refractivity contribution >= 4 is 17.2 Å². The number of ether oxygens (including phenoxy) is 1. The van der Waals surface area contributed by atoms with Crippen molar-refractivity contribution in [3.05, 3.63) is 69.5 Å². The lowest BCUT2D eigenvalue weighted by molar-refractivity contribution is 0.112. The quantitative estimate of drug-likeness (QED) is 0.474. The van der Waals surface area contributed by atoms with Gasteiger partial charge in [-0.3, -0.25) is 9.59 Å². The summed E-state index contributed by atoms with van der Waals surface area (Å²) in [6.45, 7) is 0.732. The van der Waals surface area contributed by atoms with Gasteiger partial charge in [-0.25, -0.2) is 0 Å². The molecule has 2 aromatic carbocycles. The number of phenols is 1. The number of hydrogen-bond donors (Lipinski definition) is 4. The number of carbonyl (C=O) groups excluding carboxylic acids is 1. The zero-order chi connectivity index (χ0) is 19.4. The first-order valence-electron chi connectivity index (χ1n) is 8.39. The summed E-state index contributed by atoms with van der Waals surface area (Å²) >= 11 is 0. The molecule has 7 heteroatoms. The van der Waals surface area contributed by atoms with E-state index in [1.165, 1.54) is 19.2 Å².